The first-order valence-electron chi connectivity index (χ1n) is 3.14. The standard InChI is InChI=1S/C7H4BrF3IN/c8-6-3(12)1-2-4(13)5(6)7(9,10)11/h1-2H,13H2. The fraction of sp³-hybridized carbons (Fsp3) is 0.143. The summed E-state index contributed by atoms with van der Waals surface area (Å²) >= 11 is 4.66. The van der Waals surface area contributed by atoms with Crippen LogP contribution < -0.4 is 5.73 Å². The minimum atomic E-state index is -4.41. The molecule has 0 atom stereocenters. The number of benzene rings is 1. The summed E-state index contributed by atoms with van der Waals surface area (Å²) in [6.45, 7) is 0. The molecule has 0 bridgehead atoms. The SMILES string of the molecule is Nc1ccc(I)c(Br)c1C(F)(F)F. The van der Waals surface area contributed by atoms with Crippen LogP contribution in [0.25, 0.3) is 0 Å². The van der Waals surface area contributed by atoms with Gasteiger partial charge >= 0.3 is 6.18 Å². The highest BCUT2D eigenvalue weighted by molar-refractivity contribution is 14.1. The largest absolute Gasteiger partial charge is 0.419 e. The number of rotatable bonds is 0. The summed E-state index contributed by atoms with van der Waals surface area (Å²) < 4.78 is 37.6. The molecule has 72 valence electrons. The Hall–Kier alpha value is 0.0200. The van der Waals surface area contributed by atoms with Crippen molar-refractivity contribution in [2.45, 2.75) is 6.18 Å². The van der Waals surface area contributed by atoms with Crippen molar-refractivity contribution in [1.29, 1.82) is 0 Å². The summed E-state index contributed by atoms with van der Waals surface area (Å²) in [7, 11) is 0. The van der Waals surface area contributed by atoms with E-state index in [0.717, 1.165) is 0 Å². The van der Waals surface area contributed by atoms with E-state index < -0.39 is 11.7 Å². The van der Waals surface area contributed by atoms with Crippen LogP contribution in [0.15, 0.2) is 16.6 Å². The van der Waals surface area contributed by atoms with Crippen molar-refractivity contribution in [2.24, 2.45) is 0 Å². The second-order valence-electron chi connectivity index (χ2n) is 2.32. The van der Waals surface area contributed by atoms with Gasteiger partial charge < -0.3 is 5.73 Å². The third-order valence-electron chi connectivity index (χ3n) is 1.41. The molecule has 1 nitrogen and oxygen atoms in total. The number of hydrogen-bond acceptors (Lipinski definition) is 1. The molecule has 1 rings (SSSR count). The van der Waals surface area contributed by atoms with E-state index in [0.29, 0.717) is 3.57 Å². The number of anilines is 1. The average molecular weight is 366 g/mol. The normalized spacial score (nSPS) is 11.8. The van der Waals surface area contributed by atoms with Crippen molar-refractivity contribution >= 4 is 44.2 Å². The minimum Gasteiger partial charge on any atom is -0.398 e. The number of halogens is 5. The second-order valence-corrected chi connectivity index (χ2v) is 4.28. The molecule has 1 aromatic rings. The molecule has 13 heavy (non-hydrogen) atoms. The Morgan fingerprint density at radius 1 is 1.31 bits per heavy atom. The van der Waals surface area contributed by atoms with Crippen LogP contribution in [0.1, 0.15) is 5.56 Å². The van der Waals surface area contributed by atoms with E-state index in [1.807, 2.05) is 0 Å². The van der Waals surface area contributed by atoms with Crippen LogP contribution in [0.3, 0.4) is 0 Å². The zero-order valence-electron chi connectivity index (χ0n) is 6.12. The molecule has 0 aliphatic rings. The van der Waals surface area contributed by atoms with Gasteiger partial charge in [0.25, 0.3) is 0 Å². The molecule has 0 amide bonds. The van der Waals surface area contributed by atoms with Crippen LogP contribution in [-0.4, -0.2) is 0 Å². The summed E-state index contributed by atoms with van der Waals surface area (Å²) in [5.74, 6) is 0. The Morgan fingerprint density at radius 3 is 2.23 bits per heavy atom. The first kappa shape index (κ1) is 11.1. The van der Waals surface area contributed by atoms with Gasteiger partial charge in [0, 0.05) is 13.7 Å². The van der Waals surface area contributed by atoms with Gasteiger partial charge in [-0.05, 0) is 50.7 Å². The third-order valence-corrected chi connectivity index (χ3v) is 3.87. The lowest BCUT2D eigenvalue weighted by Crippen LogP contribution is -2.10. The molecule has 0 fully saturated rings. The van der Waals surface area contributed by atoms with Crippen molar-refractivity contribution in [3.63, 3.8) is 0 Å². The predicted octanol–water partition coefficient (Wildman–Crippen LogP) is 3.65. The van der Waals surface area contributed by atoms with Crippen molar-refractivity contribution in [3.8, 4) is 0 Å². The van der Waals surface area contributed by atoms with Crippen molar-refractivity contribution in [1.82, 2.24) is 0 Å². The summed E-state index contributed by atoms with van der Waals surface area (Å²) in [5.41, 5.74) is 4.15. The summed E-state index contributed by atoms with van der Waals surface area (Å²) in [6.07, 6.45) is -4.41. The number of nitrogen functional groups attached to an aromatic ring is 1. The fourth-order valence-corrected chi connectivity index (χ4v) is 1.89. The van der Waals surface area contributed by atoms with Gasteiger partial charge in [0.05, 0.1) is 5.56 Å². The molecule has 0 aromatic heterocycles. The lowest BCUT2D eigenvalue weighted by atomic mass is 10.2. The van der Waals surface area contributed by atoms with E-state index >= 15 is 0 Å². The predicted molar refractivity (Wildman–Crippen MR) is 56.3 cm³/mol. The molecule has 0 saturated heterocycles. The number of nitrogens with two attached hydrogens (primary N) is 1. The van der Waals surface area contributed by atoms with E-state index in [2.05, 4.69) is 15.9 Å². The molecule has 6 heteroatoms. The van der Waals surface area contributed by atoms with E-state index in [9.17, 15) is 13.2 Å². The molecular formula is C7H4BrF3IN. The lowest BCUT2D eigenvalue weighted by molar-refractivity contribution is -0.137. The Kier molecular flexibility index (Phi) is 3.11. The maximum absolute atomic E-state index is 12.4. The second kappa shape index (κ2) is 3.64. The molecule has 0 heterocycles. The molecule has 0 aliphatic carbocycles. The monoisotopic (exact) mass is 365 g/mol. The van der Waals surface area contributed by atoms with Crippen LogP contribution >= 0.6 is 38.5 Å². The van der Waals surface area contributed by atoms with Gasteiger partial charge in [-0.1, -0.05) is 0 Å². The molecule has 0 aliphatic heterocycles. The molecule has 2 N–H and O–H groups in total. The van der Waals surface area contributed by atoms with Crippen LogP contribution in [0.5, 0.6) is 0 Å². The van der Waals surface area contributed by atoms with Gasteiger partial charge in [0.15, 0.2) is 0 Å². The summed E-state index contributed by atoms with van der Waals surface area (Å²) in [4.78, 5) is 0. The highest BCUT2D eigenvalue weighted by Crippen LogP contribution is 2.40. The highest BCUT2D eigenvalue weighted by atomic mass is 127. The zero-order chi connectivity index (χ0) is 10.2. The summed E-state index contributed by atoms with van der Waals surface area (Å²) in [6, 6.07) is 2.77. The fourth-order valence-electron chi connectivity index (χ4n) is 0.854. The molecule has 0 saturated carbocycles. The molecule has 0 radical (unpaired) electrons. The first-order valence-corrected chi connectivity index (χ1v) is 5.02. The quantitative estimate of drug-likeness (QED) is 0.551. The zero-order valence-corrected chi connectivity index (χ0v) is 9.87. The van der Waals surface area contributed by atoms with Crippen LogP contribution in [0.2, 0.25) is 0 Å². The average Bonchev–Trinajstić information content (AvgIpc) is 1.95. The van der Waals surface area contributed by atoms with Crippen molar-refractivity contribution < 1.29 is 13.2 Å². The minimum absolute atomic E-state index is 0.000556. The van der Waals surface area contributed by atoms with Crippen molar-refractivity contribution in [3.05, 3.63) is 25.7 Å². The maximum Gasteiger partial charge on any atom is 0.419 e. The van der Waals surface area contributed by atoms with E-state index in [4.69, 9.17) is 5.73 Å². The Bertz CT molecular complexity index is 337. The smallest absolute Gasteiger partial charge is 0.398 e. The lowest BCUT2D eigenvalue weighted by Gasteiger charge is -2.12. The number of alkyl halides is 3. The van der Waals surface area contributed by atoms with Gasteiger partial charge in [-0.25, -0.2) is 0 Å². The van der Waals surface area contributed by atoms with Crippen LogP contribution in [0.4, 0.5) is 18.9 Å². The van der Waals surface area contributed by atoms with Gasteiger partial charge in [0.1, 0.15) is 0 Å². The maximum atomic E-state index is 12.4. The van der Waals surface area contributed by atoms with E-state index in [1.54, 1.807) is 22.6 Å². The van der Waals surface area contributed by atoms with Crippen molar-refractivity contribution in [2.75, 3.05) is 5.73 Å². The Labute approximate surface area is 94.8 Å². The molecule has 0 unspecified atom stereocenters. The van der Waals surface area contributed by atoms with Gasteiger partial charge in [-0.3, -0.25) is 0 Å². The van der Waals surface area contributed by atoms with Gasteiger partial charge in [0.2, 0.25) is 0 Å². The topological polar surface area (TPSA) is 26.0 Å². The number of hydrogen-bond donors (Lipinski definition) is 1. The first-order chi connectivity index (χ1) is 5.84. The van der Waals surface area contributed by atoms with E-state index in [-0.39, 0.29) is 10.2 Å². The third kappa shape index (κ3) is 2.28. The Morgan fingerprint density at radius 2 is 1.85 bits per heavy atom. The Balaban J connectivity index is 3.43. The van der Waals surface area contributed by atoms with Gasteiger partial charge in [-0.2, -0.15) is 13.2 Å². The van der Waals surface area contributed by atoms with Crippen LogP contribution in [0, 0.1) is 3.57 Å². The molecular weight excluding hydrogens is 362 g/mol. The molecule has 0 spiro atoms. The highest BCUT2D eigenvalue weighted by Gasteiger charge is 2.35. The van der Waals surface area contributed by atoms with E-state index in [1.165, 1.54) is 12.1 Å². The summed E-state index contributed by atoms with van der Waals surface area (Å²) in [5, 5.41) is 0. The van der Waals surface area contributed by atoms with Gasteiger partial charge in [-0.15, -0.1) is 0 Å². The molecule has 1 aromatic carbocycles. The van der Waals surface area contributed by atoms with Crippen LogP contribution in [-0.2, 0) is 6.18 Å².